The smallest absolute Gasteiger partial charge is 0.264 e. The first-order valence-corrected chi connectivity index (χ1v) is 10.5. The van der Waals surface area contributed by atoms with Gasteiger partial charge in [0.15, 0.2) is 5.65 Å². The summed E-state index contributed by atoms with van der Waals surface area (Å²) >= 11 is 0. The van der Waals surface area contributed by atoms with E-state index in [0.29, 0.717) is 24.1 Å². The molecule has 0 atom stereocenters. The number of benzene rings is 3. The van der Waals surface area contributed by atoms with E-state index in [4.69, 9.17) is 0 Å². The van der Waals surface area contributed by atoms with Crippen LogP contribution in [-0.4, -0.2) is 31.8 Å². The molecule has 1 N–H and O–H groups in total. The van der Waals surface area contributed by atoms with Crippen LogP contribution < -0.4 is 10.9 Å². The molecule has 8 heteroatoms. The molecule has 0 unspecified atom stereocenters. The van der Waals surface area contributed by atoms with Crippen molar-refractivity contribution >= 4 is 27.7 Å². The van der Waals surface area contributed by atoms with Crippen molar-refractivity contribution in [3.05, 3.63) is 107 Å². The largest absolute Gasteiger partial charge is 0.350 e. The summed E-state index contributed by atoms with van der Waals surface area (Å²) in [5.41, 5.74) is 1.26. The zero-order valence-electron chi connectivity index (χ0n) is 17.6. The summed E-state index contributed by atoms with van der Waals surface area (Å²) in [6, 6.07) is 19.8. The lowest BCUT2D eigenvalue weighted by Gasteiger charge is -2.09. The van der Waals surface area contributed by atoms with Crippen molar-refractivity contribution in [3.63, 3.8) is 0 Å². The summed E-state index contributed by atoms with van der Waals surface area (Å²) in [5, 5.41) is 9.53. The summed E-state index contributed by atoms with van der Waals surface area (Å²) in [5.74, 6) is -1.08. The molecule has 1 amide bonds. The highest BCUT2D eigenvalue weighted by Crippen LogP contribution is 2.19. The van der Waals surface area contributed by atoms with Crippen LogP contribution in [-0.2, 0) is 13.1 Å². The summed E-state index contributed by atoms with van der Waals surface area (Å²) in [7, 11) is 0. The molecule has 2 aromatic heterocycles. The molecule has 5 rings (SSSR count). The molecule has 5 aromatic rings. The van der Waals surface area contributed by atoms with Gasteiger partial charge in [-0.05, 0) is 28.5 Å². The molecule has 0 saturated heterocycles. The number of amides is 1. The minimum atomic E-state index is -0.576. The number of nitrogens with one attached hydrogen (secondary N) is 1. The molecule has 0 radical (unpaired) electrons. The molecule has 2 heterocycles. The average molecular weight is 441 g/mol. The van der Waals surface area contributed by atoms with Crippen molar-refractivity contribution in [1.82, 2.24) is 24.6 Å². The second-order valence-electron chi connectivity index (χ2n) is 7.66. The van der Waals surface area contributed by atoms with Gasteiger partial charge in [0.2, 0.25) is 0 Å². The van der Waals surface area contributed by atoms with Crippen LogP contribution >= 0.6 is 0 Å². The molecular weight excluding hydrogens is 421 g/mol. The van der Waals surface area contributed by atoms with Gasteiger partial charge in [0.1, 0.15) is 17.5 Å². The van der Waals surface area contributed by atoms with Gasteiger partial charge in [-0.15, -0.1) is 0 Å². The number of fused-ring (bicyclic) bond motifs is 2. The molecule has 164 valence electrons. The van der Waals surface area contributed by atoms with Gasteiger partial charge in [-0.3, -0.25) is 14.2 Å². The van der Waals surface area contributed by atoms with E-state index in [1.165, 1.54) is 30.7 Å². The van der Waals surface area contributed by atoms with Crippen molar-refractivity contribution in [2.75, 3.05) is 6.54 Å². The second kappa shape index (κ2) is 8.66. The van der Waals surface area contributed by atoms with Gasteiger partial charge >= 0.3 is 0 Å². The molecule has 7 nitrogen and oxygen atoms in total. The monoisotopic (exact) mass is 441 g/mol. The Kier molecular flexibility index (Phi) is 5.40. The van der Waals surface area contributed by atoms with Crippen LogP contribution in [0, 0.1) is 5.82 Å². The van der Waals surface area contributed by atoms with Crippen molar-refractivity contribution in [1.29, 1.82) is 0 Å². The number of hydrogen-bond acceptors (Lipinski definition) is 4. The Bertz CT molecular complexity index is 1530. The molecule has 3 aromatic carbocycles. The Hall–Kier alpha value is -4.33. The summed E-state index contributed by atoms with van der Waals surface area (Å²) < 4.78 is 16.9. The lowest BCUT2D eigenvalue weighted by molar-refractivity contribution is 0.0948. The predicted octanol–water partition coefficient (Wildman–Crippen LogP) is 3.36. The fourth-order valence-electron chi connectivity index (χ4n) is 3.90. The number of halogens is 1. The van der Waals surface area contributed by atoms with E-state index in [1.54, 1.807) is 15.3 Å². The fraction of sp³-hybridized carbons (Fsp3) is 0.120. The Balaban J connectivity index is 1.34. The predicted molar refractivity (Wildman–Crippen MR) is 124 cm³/mol. The number of nitrogens with zero attached hydrogens (tertiary/aromatic N) is 4. The van der Waals surface area contributed by atoms with Gasteiger partial charge < -0.3 is 5.32 Å². The number of carbonyl (C=O) groups excluding carboxylic acids is 1. The third kappa shape index (κ3) is 3.98. The summed E-state index contributed by atoms with van der Waals surface area (Å²) in [6.45, 7) is 0.904. The zero-order chi connectivity index (χ0) is 22.8. The second-order valence-corrected chi connectivity index (χ2v) is 7.66. The van der Waals surface area contributed by atoms with Crippen LogP contribution in [0.1, 0.15) is 15.9 Å². The Morgan fingerprint density at radius 2 is 1.76 bits per heavy atom. The van der Waals surface area contributed by atoms with Gasteiger partial charge in [-0.1, -0.05) is 54.6 Å². The van der Waals surface area contributed by atoms with Gasteiger partial charge in [-0.25, -0.2) is 14.1 Å². The molecule has 0 aliphatic carbocycles. The first-order chi connectivity index (χ1) is 16.1. The standard InChI is InChI=1S/C25H20FN5O2/c26-22-11-4-3-10-20(22)24(32)27-12-13-31-23-21(14-29-31)25(33)30(16-28-23)15-18-8-5-7-17-6-1-2-9-19(17)18/h1-11,14,16H,12-13,15H2,(H,27,32). The van der Waals surface area contributed by atoms with Crippen molar-refractivity contribution in [2.45, 2.75) is 13.1 Å². The van der Waals surface area contributed by atoms with Crippen LogP contribution in [0.2, 0.25) is 0 Å². The van der Waals surface area contributed by atoms with Crippen molar-refractivity contribution < 1.29 is 9.18 Å². The van der Waals surface area contributed by atoms with E-state index in [-0.39, 0.29) is 17.7 Å². The topological polar surface area (TPSA) is 81.8 Å². The Morgan fingerprint density at radius 1 is 0.970 bits per heavy atom. The van der Waals surface area contributed by atoms with Gasteiger partial charge in [-0.2, -0.15) is 5.10 Å². The lowest BCUT2D eigenvalue weighted by atomic mass is 10.0. The average Bonchev–Trinajstić information content (AvgIpc) is 3.25. The Labute approximate surface area is 188 Å². The maximum atomic E-state index is 13.7. The molecule has 33 heavy (non-hydrogen) atoms. The van der Waals surface area contributed by atoms with E-state index in [9.17, 15) is 14.0 Å². The fourth-order valence-corrected chi connectivity index (χ4v) is 3.90. The van der Waals surface area contributed by atoms with E-state index in [0.717, 1.165) is 16.3 Å². The molecule has 0 saturated carbocycles. The van der Waals surface area contributed by atoms with Gasteiger partial charge in [0.05, 0.1) is 24.8 Å². The minimum Gasteiger partial charge on any atom is -0.350 e. The van der Waals surface area contributed by atoms with Crippen LogP contribution in [0.3, 0.4) is 0 Å². The summed E-state index contributed by atoms with van der Waals surface area (Å²) in [6.07, 6.45) is 3.01. The normalized spacial score (nSPS) is 11.2. The van der Waals surface area contributed by atoms with Crippen LogP contribution in [0.15, 0.2) is 84.0 Å². The number of rotatable bonds is 6. The quantitative estimate of drug-likeness (QED) is 0.438. The third-order valence-electron chi connectivity index (χ3n) is 5.57. The van der Waals surface area contributed by atoms with Crippen molar-refractivity contribution in [2.24, 2.45) is 0 Å². The van der Waals surface area contributed by atoms with Crippen molar-refractivity contribution in [3.8, 4) is 0 Å². The number of hydrogen-bond donors (Lipinski definition) is 1. The van der Waals surface area contributed by atoms with E-state index < -0.39 is 11.7 Å². The van der Waals surface area contributed by atoms with Crippen LogP contribution in [0.5, 0.6) is 0 Å². The number of aromatic nitrogens is 4. The third-order valence-corrected chi connectivity index (χ3v) is 5.57. The maximum absolute atomic E-state index is 13.7. The minimum absolute atomic E-state index is 0.0164. The SMILES string of the molecule is O=C(NCCn1ncc2c(=O)n(Cc3cccc4ccccc34)cnc21)c1ccccc1F. The highest BCUT2D eigenvalue weighted by molar-refractivity contribution is 5.94. The molecular formula is C25H20FN5O2. The van der Waals surface area contributed by atoms with Crippen LogP contribution in [0.4, 0.5) is 4.39 Å². The number of carbonyl (C=O) groups is 1. The lowest BCUT2D eigenvalue weighted by Crippen LogP contribution is -2.28. The maximum Gasteiger partial charge on any atom is 0.264 e. The van der Waals surface area contributed by atoms with E-state index >= 15 is 0 Å². The highest BCUT2D eigenvalue weighted by atomic mass is 19.1. The van der Waals surface area contributed by atoms with Gasteiger partial charge in [0, 0.05) is 6.54 Å². The molecule has 0 spiro atoms. The van der Waals surface area contributed by atoms with Crippen LogP contribution in [0.25, 0.3) is 21.8 Å². The molecule has 0 aliphatic heterocycles. The first-order valence-electron chi connectivity index (χ1n) is 10.5. The van der Waals surface area contributed by atoms with E-state index in [1.807, 2.05) is 42.5 Å². The highest BCUT2D eigenvalue weighted by Gasteiger charge is 2.13. The molecule has 0 fully saturated rings. The molecule has 0 aliphatic rings. The Morgan fingerprint density at radius 3 is 2.64 bits per heavy atom. The molecule has 0 bridgehead atoms. The van der Waals surface area contributed by atoms with Gasteiger partial charge in [0.25, 0.3) is 11.5 Å². The van der Waals surface area contributed by atoms with E-state index in [2.05, 4.69) is 15.4 Å². The summed E-state index contributed by atoms with van der Waals surface area (Å²) in [4.78, 5) is 29.7. The zero-order valence-corrected chi connectivity index (χ0v) is 17.6. The first kappa shape index (κ1) is 20.6.